The average molecular weight is 183 g/mol. The molecule has 3 aromatic rings. The molecule has 0 bridgehead atoms. The molecular weight excluding hydrogens is 174 g/mol. The molecule has 0 N–H and O–H groups in total. The molecule has 0 atom stereocenters. The summed E-state index contributed by atoms with van der Waals surface area (Å²) in [5.74, 6) is 0.922. The summed E-state index contributed by atoms with van der Waals surface area (Å²) in [5, 5.41) is 10.6. The van der Waals surface area contributed by atoms with E-state index in [1.165, 1.54) is 5.39 Å². The first-order chi connectivity index (χ1) is 6.86. The minimum atomic E-state index is 0.922. The third kappa shape index (κ3) is 0.865. The number of benzene rings is 1. The first kappa shape index (κ1) is 7.50. The number of aryl methyl sites for hydroxylation is 1. The quantitative estimate of drug-likeness (QED) is 0.534. The number of nitrogens with zero attached hydrogens (tertiary/aromatic N) is 3. The van der Waals surface area contributed by atoms with Crippen molar-refractivity contribution in [3.63, 3.8) is 0 Å². The summed E-state index contributed by atoms with van der Waals surface area (Å²) in [6.45, 7) is 1.95. The first-order valence-corrected chi connectivity index (χ1v) is 4.55. The Balaban J connectivity index is 2.61. The van der Waals surface area contributed by atoms with Crippen LogP contribution in [0.1, 0.15) is 5.82 Å². The molecule has 0 fully saturated rings. The lowest BCUT2D eigenvalue weighted by Crippen LogP contribution is -1.87. The van der Waals surface area contributed by atoms with Gasteiger partial charge < -0.3 is 0 Å². The molecule has 3 nitrogen and oxygen atoms in total. The normalized spacial score (nSPS) is 11.2. The Morgan fingerprint density at radius 3 is 2.86 bits per heavy atom. The van der Waals surface area contributed by atoms with Crippen LogP contribution in [0.4, 0.5) is 0 Å². The van der Waals surface area contributed by atoms with Crippen LogP contribution >= 0.6 is 0 Å². The van der Waals surface area contributed by atoms with Crippen LogP contribution in [0.3, 0.4) is 0 Å². The highest BCUT2D eigenvalue weighted by molar-refractivity contribution is 5.93. The summed E-state index contributed by atoms with van der Waals surface area (Å²) in [7, 11) is 0. The number of hydrogen-bond acceptors (Lipinski definition) is 2. The lowest BCUT2D eigenvalue weighted by molar-refractivity contribution is 1.01. The molecule has 0 unspecified atom stereocenters. The van der Waals surface area contributed by atoms with Gasteiger partial charge in [-0.25, -0.2) is 0 Å². The van der Waals surface area contributed by atoms with Crippen LogP contribution in [0.2, 0.25) is 0 Å². The summed E-state index contributed by atoms with van der Waals surface area (Å²) in [4.78, 5) is 0. The van der Waals surface area contributed by atoms with E-state index < -0.39 is 0 Å². The van der Waals surface area contributed by atoms with Gasteiger partial charge in [0.1, 0.15) is 5.82 Å². The Morgan fingerprint density at radius 1 is 1.07 bits per heavy atom. The molecule has 0 aliphatic rings. The maximum Gasteiger partial charge on any atom is 0.168 e. The van der Waals surface area contributed by atoms with Gasteiger partial charge in [-0.1, -0.05) is 24.3 Å². The van der Waals surface area contributed by atoms with Gasteiger partial charge in [0.2, 0.25) is 0 Å². The second-order valence-corrected chi connectivity index (χ2v) is 3.34. The van der Waals surface area contributed by atoms with Gasteiger partial charge in [0.25, 0.3) is 0 Å². The molecule has 0 aliphatic carbocycles. The Hall–Kier alpha value is -1.90. The highest BCUT2D eigenvalue weighted by atomic mass is 15.2. The van der Waals surface area contributed by atoms with Gasteiger partial charge >= 0.3 is 0 Å². The minimum Gasteiger partial charge on any atom is -0.286 e. The van der Waals surface area contributed by atoms with Gasteiger partial charge in [-0.2, -0.15) is 0 Å². The Bertz CT molecular complexity index is 610. The van der Waals surface area contributed by atoms with Crippen molar-refractivity contribution >= 4 is 16.4 Å². The van der Waals surface area contributed by atoms with Gasteiger partial charge in [-0.3, -0.25) is 4.40 Å². The van der Waals surface area contributed by atoms with E-state index in [0.29, 0.717) is 0 Å². The molecule has 68 valence electrons. The zero-order valence-electron chi connectivity index (χ0n) is 7.81. The van der Waals surface area contributed by atoms with Crippen molar-refractivity contribution in [2.24, 2.45) is 0 Å². The van der Waals surface area contributed by atoms with Crippen molar-refractivity contribution in [2.75, 3.05) is 0 Å². The highest BCUT2D eigenvalue weighted by Gasteiger charge is 2.03. The van der Waals surface area contributed by atoms with E-state index in [2.05, 4.69) is 28.4 Å². The van der Waals surface area contributed by atoms with Gasteiger partial charge in [-0.15, -0.1) is 10.2 Å². The molecule has 0 spiro atoms. The van der Waals surface area contributed by atoms with Gasteiger partial charge in [0, 0.05) is 11.6 Å². The van der Waals surface area contributed by atoms with Crippen molar-refractivity contribution in [1.29, 1.82) is 0 Å². The van der Waals surface area contributed by atoms with Crippen molar-refractivity contribution in [3.8, 4) is 0 Å². The smallest absolute Gasteiger partial charge is 0.168 e. The highest BCUT2D eigenvalue weighted by Crippen LogP contribution is 2.18. The Labute approximate surface area is 81.0 Å². The molecule has 3 rings (SSSR count). The van der Waals surface area contributed by atoms with Crippen molar-refractivity contribution in [2.45, 2.75) is 6.92 Å². The molecule has 14 heavy (non-hydrogen) atoms. The van der Waals surface area contributed by atoms with E-state index in [0.717, 1.165) is 16.9 Å². The van der Waals surface area contributed by atoms with Crippen molar-refractivity contribution in [3.05, 3.63) is 42.4 Å². The van der Waals surface area contributed by atoms with Gasteiger partial charge in [0.05, 0.1) is 0 Å². The van der Waals surface area contributed by atoms with E-state index in [9.17, 15) is 0 Å². The van der Waals surface area contributed by atoms with Crippen LogP contribution in [-0.4, -0.2) is 14.6 Å². The summed E-state index contributed by atoms with van der Waals surface area (Å²) in [6, 6.07) is 10.3. The number of fused-ring (bicyclic) bond motifs is 3. The third-order valence-corrected chi connectivity index (χ3v) is 2.47. The van der Waals surface area contributed by atoms with E-state index in [1.54, 1.807) is 0 Å². The van der Waals surface area contributed by atoms with Crippen LogP contribution in [0.5, 0.6) is 0 Å². The van der Waals surface area contributed by atoms with E-state index in [4.69, 9.17) is 0 Å². The maximum absolute atomic E-state index is 4.16. The van der Waals surface area contributed by atoms with Crippen molar-refractivity contribution < 1.29 is 0 Å². The predicted octanol–water partition coefficient (Wildman–Crippen LogP) is 2.19. The molecule has 0 aliphatic heterocycles. The molecule has 2 aromatic heterocycles. The first-order valence-electron chi connectivity index (χ1n) is 4.55. The fourth-order valence-electron chi connectivity index (χ4n) is 1.73. The summed E-state index contributed by atoms with van der Waals surface area (Å²) >= 11 is 0. The largest absolute Gasteiger partial charge is 0.286 e. The lowest BCUT2D eigenvalue weighted by Gasteiger charge is -1.99. The standard InChI is InChI=1S/C11H9N3/c1-8-12-13-11-10-5-3-2-4-9(10)6-7-14(8)11/h2-7H,1H3. The fourth-order valence-corrected chi connectivity index (χ4v) is 1.73. The minimum absolute atomic E-state index is 0.922. The molecule has 3 heteroatoms. The van der Waals surface area contributed by atoms with Crippen LogP contribution in [0.25, 0.3) is 16.4 Å². The van der Waals surface area contributed by atoms with Crippen LogP contribution < -0.4 is 0 Å². The molecule has 0 radical (unpaired) electrons. The molecule has 0 amide bonds. The Kier molecular flexibility index (Phi) is 1.36. The van der Waals surface area contributed by atoms with Crippen LogP contribution in [-0.2, 0) is 0 Å². The van der Waals surface area contributed by atoms with Crippen LogP contribution in [0.15, 0.2) is 36.5 Å². The lowest BCUT2D eigenvalue weighted by atomic mass is 10.2. The molecule has 1 aromatic carbocycles. The number of pyridine rings is 1. The third-order valence-electron chi connectivity index (χ3n) is 2.47. The van der Waals surface area contributed by atoms with Gasteiger partial charge in [-0.05, 0) is 18.4 Å². The monoisotopic (exact) mass is 183 g/mol. The number of hydrogen-bond donors (Lipinski definition) is 0. The summed E-state index contributed by atoms with van der Waals surface area (Å²) in [6.07, 6.45) is 2.01. The topological polar surface area (TPSA) is 30.2 Å². The number of aromatic nitrogens is 3. The van der Waals surface area contributed by atoms with E-state index in [-0.39, 0.29) is 0 Å². The SMILES string of the molecule is Cc1nnc2c3ccccc3ccn12. The van der Waals surface area contributed by atoms with E-state index >= 15 is 0 Å². The van der Waals surface area contributed by atoms with Gasteiger partial charge in [0.15, 0.2) is 5.65 Å². The molecule has 2 heterocycles. The predicted molar refractivity (Wildman–Crippen MR) is 55.2 cm³/mol. The van der Waals surface area contributed by atoms with E-state index in [1.807, 2.05) is 29.7 Å². The number of rotatable bonds is 0. The summed E-state index contributed by atoms with van der Waals surface area (Å²) < 4.78 is 2.00. The molecule has 0 saturated carbocycles. The molecule has 0 saturated heterocycles. The fraction of sp³-hybridized carbons (Fsp3) is 0.0909. The zero-order chi connectivity index (χ0) is 9.54. The second kappa shape index (κ2) is 2.54. The van der Waals surface area contributed by atoms with Crippen LogP contribution in [0, 0.1) is 6.92 Å². The molecular formula is C11H9N3. The van der Waals surface area contributed by atoms with Crippen molar-refractivity contribution in [1.82, 2.24) is 14.6 Å². The maximum atomic E-state index is 4.16. The Morgan fingerprint density at radius 2 is 1.93 bits per heavy atom. The summed E-state index contributed by atoms with van der Waals surface area (Å²) in [5.41, 5.74) is 0.931. The second-order valence-electron chi connectivity index (χ2n) is 3.34. The zero-order valence-corrected chi connectivity index (χ0v) is 7.81. The average Bonchev–Trinajstić information content (AvgIpc) is 2.61.